The van der Waals surface area contributed by atoms with E-state index < -0.39 is 0 Å². The molecular weight excluding hydrogens is 150 g/mol. The lowest BCUT2D eigenvalue weighted by atomic mass is 9.80. The van der Waals surface area contributed by atoms with Gasteiger partial charge in [0.2, 0.25) is 5.91 Å². The van der Waals surface area contributed by atoms with E-state index in [-0.39, 0.29) is 11.4 Å². The van der Waals surface area contributed by atoms with Crippen molar-refractivity contribution in [1.29, 1.82) is 0 Å². The van der Waals surface area contributed by atoms with E-state index in [1.54, 1.807) is 0 Å². The summed E-state index contributed by atoms with van der Waals surface area (Å²) in [7, 11) is 0. The van der Waals surface area contributed by atoms with E-state index in [9.17, 15) is 4.79 Å². The van der Waals surface area contributed by atoms with E-state index >= 15 is 0 Å². The monoisotopic (exact) mass is 169 g/mol. The van der Waals surface area contributed by atoms with Crippen LogP contribution in [0.4, 0.5) is 0 Å². The molecule has 70 valence electrons. The molecule has 0 bridgehead atoms. The standard InChI is InChI=1S/C10H19NO/c1-9(2,3)7-10(4)6-5-8(12)11-10/h5-7H2,1-4H3,(H,11,12). The van der Waals surface area contributed by atoms with Crippen LogP contribution in [0.3, 0.4) is 0 Å². The Balaban J connectivity index is 2.56. The average Bonchev–Trinajstić information content (AvgIpc) is 2.05. The van der Waals surface area contributed by atoms with Crippen molar-refractivity contribution in [2.75, 3.05) is 0 Å². The van der Waals surface area contributed by atoms with Crippen LogP contribution in [-0.2, 0) is 4.79 Å². The molecule has 0 radical (unpaired) electrons. The van der Waals surface area contributed by atoms with Crippen molar-refractivity contribution in [1.82, 2.24) is 5.32 Å². The molecule has 1 fully saturated rings. The summed E-state index contributed by atoms with van der Waals surface area (Å²) in [5, 5.41) is 3.05. The number of carbonyl (C=O) groups excluding carboxylic acids is 1. The minimum absolute atomic E-state index is 0.0509. The lowest BCUT2D eigenvalue weighted by Crippen LogP contribution is -2.41. The summed E-state index contributed by atoms with van der Waals surface area (Å²) in [4.78, 5) is 11.0. The topological polar surface area (TPSA) is 29.1 Å². The van der Waals surface area contributed by atoms with Crippen LogP contribution in [0, 0.1) is 5.41 Å². The zero-order valence-corrected chi connectivity index (χ0v) is 8.53. The molecule has 1 saturated heterocycles. The van der Waals surface area contributed by atoms with Crippen LogP contribution in [0.1, 0.15) is 47.0 Å². The molecule has 1 unspecified atom stereocenters. The fourth-order valence-corrected chi connectivity index (χ4v) is 2.15. The Morgan fingerprint density at radius 3 is 2.42 bits per heavy atom. The minimum Gasteiger partial charge on any atom is -0.351 e. The largest absolute Gasteiger partial charge is 0.351 e. The van der Waals surface area contributed by atoms with E-state index in [1.165, 1.54) is 0 Å². The SMILES string of the molecule is CC(C)(C)CC1(C)CCC(=O)N1. The van der Waals surface area contributed by atoms with E-state index in [4.69, 9.17) is 0 Å². The smallest absolute Gasteiger partial charge is 0.220 e. The quantitative estimate of drug-likeness (QED) is 0.640. The van der Waals surface area contributed by atoms with Gasteiger partial charge in [-0.2, -0.15) is 0 Å². The second-order valence-electron chi connectivity index (χ2n) is 5.35. The molecule has 1 heterocycles. The van der Waals surface area contributed by atoms with E-state index in [2.05, 4.69) is 33.0 Å². The first-order valence-corrected chi connectivity index (χ1v) is 4.62. The molecule has 1 rings (SSSR count). The Bertz CT molecular complexity index is 193. The normalized spacial score (nSPS) is 30.5. The van der Waals surface area contributed by atoms with Crippen LogP contribution < -0.4 is 5.32 Å². The maximum atomic E-state index is 11.0. The third-order valence-electron chi connectivity index (χ3n) is 2.27. The van der Waals surface area contributed by atoms with Gasteiger partial charge in [0.05, 0.1) is 0 Å². The van der Waals surface area contributed by atoms with Gasteiger partial charge in [-0.15, -0.1) is 0 Å². The molecule has 2 nitrogen and oxygen atoms in total. The molecule has 1 aliphatic rings. The van der Waals surface area contributed by atoms with Crippen molar-refractivity contribution in [3.8, 4) is 0 Å². The molecule has 0 aromatic heterocycles. The van der Waals surface area contributed by atoms with Crippen molar-refractivity contribution < 1.29 is 4.79 Å². The van der Waals surface area contributed by atoms with Gasteiger partial charge in [0.25, 0.3) is 0 Å². The van der Waals surface area contributed by atoms with Gasteiger partial charge in [0.1, 0.15) is 0 Å². The van der Waals surface area contributed by atoms with E-state index in [0.29, 0.717) is 11.8 Å². The lowest BCUT2D eigenvalue weighted by molar-refractivity contribution is -0.119. The summed E-state index contributed by atoms with van der Waals surface area (Å²) in [5.74, 6) is 0.210. The number of hydrogen-bond acceptors (Lipinski definition) is 1. The first kappa shape index (κ1) is 9.56. The summed E-state index contributed by atoms with van der Waals surface area (Å²) in [5.41, 5.74) is 0.349. The molecule has 1 amide bonds. The molecule has 0 spiro atoms. The Morgan fingerprint density at radius 1 is 1.50 bits per heavy atom. The van der Waals surface area contributed by atoms with Gasteiger partial charge in [-0.1, -0.05) is 20.8 Å². The van der Waals surface area contributed by atoms with E-state index in [1.807, 2.05) is 0 Å². The summed E-state index contributed by atoms with van der Waals surface area (Å²) in [6.45, 7) is 8.78. The number of hydrogen-bond donors (Lipinski definition) is 1. The number of rotatable bonds is 1. The van der Waals surface area contributed by atoms with Crippen molar-refractivity contribution >= 4 is 5.91 Å². The Labute approximate surface area is 74.7 Å². The van der Waals surface area contributed by atoms with Gasteiger partial charge in [0, 0.05) is 12.0 Å². The number of nitrogens with one attached hydrogen (secondary N) is 1. The Morgan fingerprint density at radius 2 is 2.08 bits per heavy atom. The summed E-state index contributed by atoms with van der Waals surface area (Å²) in [6, 6.07) is 0. The fourth-order valence-electron chi connectivity index (χ4n) is 2.15. The highest BCUT2D eigenvalue weighted by atomic mass is 16.2. The van der Waals surface area contributed by atoms with Crippen LogP contribution in [0.5, 0.6) is 0 Å². The number of amides is 1. The summed E-state index contributed by atoms with van der Waals surface area (Å²) >= 11 is 0. The van der Waals surface area contributed by atoms with Gasteiger partial charge >= 0.3 is 0 Å². The fraction of sp³-hybridized carbons (Fsp3) is 0.900. The zero-order valence-electron chi connectivity index (χ0n) is 8.53. The van der Waals surface area contributed by atoms with Gasteiger partial charge in [-0.3, -0.25) is 4.79 Å². The molecule has 2 heteroatoms. The zero-order chi connectivity index (χ0) is 9.41. The van der Waals surface area contributed by atoms with Crippen molar-refractivity contribution in [3.63, 3.8) is 0 Å². The lowest BCUT2D eigenvalue weighted by Gasteiger charge is -2.31. The van der Waals surface area contributed by atoms with Crippen LogP contribution in [0.25, 0.3) is 0 Å². The van der Waals surface area contributed by atoms with Gasteiger partial charge in [-0.05, 0) is 25.2 Å². The molecule has 12 heavy (non-hydrogen) atoms. The molecule has 1 N–H and O–H groups in total. The third kappa shape index (κ3) is 2.50. The highest BCUT2D eigenvalue weighted by Crippen LogP contribution is 2.32. The van der Waals surface area contributed by atoms with Crippen LogP contribution in [0.15, 0.2) is 0 Å². The van der Waals surface area contributed by atoms with Gasteiger partial charge in [0.15, 0.2) is 0 Å². The first-order chi connectivity index (χ1) is 5.31. The predicted octanol–water partition coefficient (Wildman–Crippen LogP) is 2.09. The predicted molar refractivity (Wildman–Crippen MR) is 49.9 cm³/mol. The highest BCUT2D eigenvalue weighted by molar-refractivity contribution is 5.79. The van der Waals surface area contributed by atoms with Crippen LogP contribution in [-0.4, -0.2) is 11.4 Å². The van der Waals surface area contributed by atoms with Gasteiger partial charge < -0.3 is 5.32 Å². The Kier molecular flexibility index (Phi) is 2.19. The molecule has 1 aliphatic heterocycles. The average molecular weight is 169 g/mol. The minimum atomic E-state index is 0.0509. The first-order valence-electron chi connectivity index (χ1n) is 4.62. The van der Waals surface area contributed by atoms with E-state index in [0.717, 1.165) is 12.8 Å². The van der Waals surface area contributed by atoms with Gasteiger partial charge in [-0.25, -0.2) is 0 Å². The maximum Gasteiger partial charge on any atom is 0.220 e. The molecular formula is C10H19NO. The van der Waals surface area contributed by atoms with Crippen molar-refractivity contribution in [2.24, 2.45) is 5.41 Å². The Hall–Kier alpha value is -0.530. The molecule has 0 aromatic carbocycles. The van der Waals surface area contributed by atoms with Crippen LogP contribution in [0.2, 0.25) is 0 Å². The summed E-state index contributed by atoms with van der Waals surface area (Å²) < 4.78 is 0. The molecule has 1 atom stereocenters. The second-order valence-corrected chi connectivity index (χ2v) is 5.35. The molecule has 0 aromatic rings. The third-order valence-corrected chi connectivity index (χ3v) is 2.27. The molecule has 0 saturated carbocycles. The van der Waals surface area contributed by atoms with Crippen molar-refractivity contribution in [3.05, 3.63) is 0 Å². The maximum absolute atomic E-state index is 11.0. The van der Waals surface area contributed by atoms with Crippen LogP contribution >= 0.6 is 0 Å². The summed E-state index contributed by atoms with van der Waals surface area (Å²) in [6.07, 6.45) is 2.75. The molecule has 0 aliphatic carbocycles. The van der Waals surface area contributed by atoms with Crippen molar-refractivity contribution in [2.45, 2.75) is 52.5 Å². The highest BCUT2D eigenvalue weighted by Gasteiger charge is 2.36. The number of carbonyl (C=O) groups is 1. The second kappa shape index (κ2) is 2.75.